The number of likely N-dealkylation sites (N-methyl/N-ethyl adjacent to an activating group) is 1. The Morgan fingerprint density at radius 2 is 2.16 bits per heavy atom. The summed E-state index contributed by atoms with van der Waals surface area (Å²) in [5.74, 6) is 0.927. The number of carbonyl (C=O) groups excluding carboxylic acids is 2. The third kappa shape index (κ3) is 5.13. The number of carbonyl (C=O) groups is 2. The zero-order valence-electron chi connectivity index (χ0n) is 11.7. The molecule has 6 heteroatoms. The smallest absolute Gasteiger partial charge is 0.329 e. The van der Waals surface area contributed by atoms with Gasteiger partial charge in [-0.3, -0.25) is 9.69 Å². The van der Waals surface area contributed by atoms with E-state index in [0.29, 0.717) is 13.1 Å². The van der Waals surface area contributed by atoms with Gasteiger partial charge in [-0.15, -0.1) is 0 Å². The Morgan fingerprint density at radius 1 is 1.47 bits per heavy atom. The number of hydrogen-bond acceptors (Lipinski definition) is 5. The van der Waals surface area contributed by atoms with Crippen molar-refractivity contribution < 1.29 is 18.7 Å². The van der Waals surface area contributed by atoms with Gasteiger partial charge >= 0.3 is 5.97 Å². The summed E-state index contributed by atoms with van der Waals surface area (Å²) in [6, 6.07) is 3.09. The molecule has 1 N–H and O–H groups in total. The van der Waals surface area contributed by atoms with Gasteiger partial charge in [0, 0.05) is 13.5 Å². The normalized spacial score (nSPS) is 12.3. The number of ether oxygens (including phenoxy) is 1. The van der Waals surface area contributed by atoms with Crippen molar-refractivity contribution in [1.29, 1.82) is 0 Å². The van der Waals surface area contributed by atoms with E-state index in [9.17, 15) is 9.59 Å². The Bertz CT molecular complexity index is 442. The quantitative estimate of drug-likeness (QED) is 0.769. The van der Waals surface area contributed by atoms with Gasteiger partial charge in [0.2, 0.25) is 5.91 Å². The van der Waals surface area contributed by atoms with E-state index in [2.05, 4.69) is 10.1 Å². The lowest BCUT2D eigenvalue weighted by molar-refractivity contribution is -0.145. The number of aryl methyl sites for hydroxylation is 1. The van der Waals surface area contributed by atoms with Crippen molar-refractivity contribution in [3.63, 3.8) is 0 Å². The summed E-state index contributed by atoms with van der Waals surface area (Å²) in [7, 11) is 3.14. The summed E-state index contributed by atoms with van der Waals surface area (Å²) in [6.45, 7) is 4.15. The number of esters is 1. The molecule has 0 aromatic carbocycles. The molecule has 1 heterocycles. The molecule has 0 saturated carbocycles. The average Bonchev–Trinajstić information content (AvgIpc) is 2.72. The molecule has 106 valence electrons. The first-order valence-electron chi connectivity index (χ1n) is 6.01. The van der Waals surface area contributed by atoms with Crippen molar-refractivity contribution in [2.45, 2.75) is 26.4 Å². The Labute approximate surface area is 112 Å². The maximum Gasteiger partial charge on any atom is 0.329 e. The van der Waals surface area contributed by atoms with Crippen LogP contribution in [0.3, 0.4) is 0 Å². The number of amides is 1. The van der Waals surface area contributed by atoms with E-state index in [1.54, 1.807) is 0 Å². The third-order valence-electron chi connectivity index (χ3n) is 2.58. The highest BCUT2D eigenvalue weighted by Gasteiger charge is 2.22. The van der Waals surface area contributed by atoms with Crippen molar-refractivity contribution in [2.24, 2.45) is 0 Å². The first kappa shape index (κ1) is 15.2. The minimum absolute atomic E-state index is 0.266. The second-order valence-corrected chi connectivity index (χ2v) is 4.49. The van der Waals surface area contributed by atoms with Crippen LogP contribution in [0, 0.1) is 6.92 Å². The largest absolute Gasteiger partial charge is 0.467 e. The van der Waals surface area contributed by atoms with Gasteiger partial charge in [-0.2, -0.15) is 0 Å². The summed E-state index contributed by atoms with van der Waals surface area (Å²) in [5, 5.41) is 2.57. The second-order valence-electron chi connectivity index (χ2n) is 4.49. The van der Waals surface area contributed by atoms with Crippen LogP contribution in [-0.2, 0) is 20.9 Å². The zero-order valence-corrected chi connectivity index (χ0v) is 11.7. The number of hydrogen-bond donors (Lipinski definition) is 1. The van der Waals surface area contributed by atoms with Crippen LogP contribution in [0.2, 0.25) is 0 Å². The van der Waals surface area contributed by atoms with E-state index < -0.39 is 12.0 Å². The van der Waals surface area contributed by atoms with Gasteiger partial charge in [0.1, 0.15) is 17.6 Å². The van der Waals surface area contributed by atoms with Crippen LogP contribution < -0.4 is 5.32 Å². The fourth-order valence-electron chi connectivity index (χ4n) is 1.78. The predicted molar refractivity (Wildman–Crippen MR) is 69.4 cm³/mol. The van der Waals surface area contributed by atoms with Gasteiger partial charge in [-0.05, 0) is 26.1 Å². The summed E-state index contributed by atoms with van der Waals surface area (Å²) < 4.78 is 10.1. The van der Waals surface area contributed by atoms with E-state index >= 15 is 0 Å². The van der Waals surface area contributed by atoms with Crippen molar-refractivity contribution in [3.8, 4) is 0 Å². The molecule has 0 spiro atoms. The molecule has 0 aliphatic carbocycles. The third-order valence-corrected chi connectivity index (χ3v) is 2.58. The number of methoxy groups -OCH3 is 1. The molecule has 6 nitrogen and oxygen atoms in total. The van der Waals surface area contributed by atoms with E-state index in [-0.39, 0.29) is 5.91 Å². The number of nitrogens with zero attached hydrogens (tertiary/aromatic N) is 1. The summed E-state index contributed by atoms with van der Waals surface area (Å²) in [5.41, 5.74) is 0. The highest BCUT2D eigenvalue weighted by Crippen LogP contribution is 2.09. The maximum atomic E-state index is 11.6. The predicted octanol–water partition coefficient (Wildman–Crippen LogP) is 0.698. The van der Waals surface area contributed by atoms with Crippen LogP contribution in [0.5, 0.6) is 0 Å². The van der Waals surface area contributed by atoms with E-state index in [4.69, 9.17) is 4.42 Å². The number of furan rings is 1. The Morgan fingerprint density at radius 3 is 2.63 bits per heavy atom. The lowest BCUT2D eigenvalue weighted by atomic mass is 10.2. The fourth-order valence-corrected chi connectivity index (χ4v) is 1.78. The number of nitrogens with one attached hydrogen (secondary N) is 1. The standard InChI is InChI=1S/C13H20N2O4/c1-9-5-6-11(19-9)7-15(3)8-12(13(17)18-4)14-10(2)16/h5-6,12H,7-8H2,1-4H3,(H,14,16). The summed E-state index contributed by atoms with van der Waals surface area (Å²) in [4.78, 5) is 24.5. The molecule has 0 aliphatic rings. The van der Waals surface area contributed by atoms with Crippen molar-refractivity contribution in [2.75, 3.05) is 20.7 Å². The average molecular weight is 268 g/mol. The SMILES string of the molecule is COC(=O)C(CN(C)Cc1ccc(C)o1)NC(C)=O. The molecular weight excluding hydrogens is 248 g/mol. The van der Waals surface area contributed by atoms with Crippen LogP contribution >= 0.6 is 0 Å². The summed E-state index contributed by atoms with van der Waals surface area (Å²) >= 11 is 0. The molecule has 1 rings (SSSR count). The van der Waals surface area contributed by atoms with Gasteiger partial charge < -0.3 is 14.5 Å². The molecule has 0 saturated heterocycles. The molecular formula is C13H20N2O4. The summed E-state index contributed by atoms with van der Waals surface area (Å²) in [6.07, 6.45) is 0. The molecule has 1 atom stereocenters. The molecule has 0 fully saturated rings. The fraction of sp³-hybridized carbons (Fsp3) is 0.538. The zero-order chi connectivity index (χ0) is 14.4. The van der Waals surface area contributed by atoms with Crippen LogP contribution in [0.4, 0.5) is 0 Å². The first-order valence-corrected chi connectivity index (χ1v) is 6.01. The van der Waals surface area contributed by atoms with Crippen LogP contribution in [-0.4, -0.2) is 43.5 Å². The van der Waals surface area contributed by atoms with Crippen LogP contribution in [0.25, 0.3) is 0 Å². The highest BCUT2D eigenvalue weighted by atomic mass is 16.5. The molecule has 0 bridgehead atoms. The van der Waals surface area contributed by atoms with Crippen molar-refractivity contribution in [1.82, 2.24) is 10.2 Å². The highest BCUT2D eigenvalue weighted by molar-refractivity contribution is 5.83. The minimum atomic E-state index is -0.677. The van der Waals surface area contributed by atoms with E-state index in [1.165, 1.54) is 14.0 Å². The molecule has 19 heavy (non-hydrogen) atoms. The lowest BCUT2D eigenvalue weighted by Crippen LogP contribution is -2.47. The Balaban J connectivity index is 2.57. The van der Waals surface area contributed by atoms with Crippen molar-refractivity contribution >= 4 is 11.9 Å². The maximum absolute atomic E-state index is 11.6. The van der Waals surface area contributed by atoms with Crippen LogP contribution in [0.15, 0.2) is 16.5 Å². The van der Waals surface area contributed by atoms with Crippen molar-refractivity contribution in [3.05, 3.63) is 23.7 Å². The Kier molecular flexibility index (Phi) is 5.57. The molecule has 1 aromatic heterocycles. The molecule has 0 aliphatic heterocycles. The molecule has 1 aromatic rings. The van der Waals surface area contributed by atoms with Gasteiger partial charge in [-0.25, -0.2) is 4.79 Å². The molecule has 0 radical (unpaired) electrons. The van der Waals surface area contributed by atoms with E-state index in [0.717, 1.165) is 11.5 Å². The molecule has 1 amide bonds. The van der Waals surface area contributed by atoms with Crippen LogP contribution in [0.1, 0.15) is 18.4 Å². The van der Waals surface area contributed by atoms with Gasteiger partial charge in [0.15, 0.2) is 0 Å². The van der Waals surface area contributed by atoms with Gasteiger partial charge in [0.05, 0.1) is 13.7 Å². The van der Waals surface area contributed by atoms with Gasteiger partial charge in [0.25, 0.3) is 0 Å². The first-order chi connectivity index (χ1) is 8.92. The van der Waals surface area contributed by atoms with E-state index in [1.807, 2.05) is 31.0 Å². The topological polar surface area (TPSA) is 71.8 Å². The molecule has 1 unspecified atom stereocenters. The number of rotatable bonds is 6. The monoisotopic (exact) mass is 268 g/mol. The Hall–Kier alpha value is -1.82. The minimum Gasteiger partial charge on any atom is -0.467 e. The second kappa shape index (κ2) is 6.94. The van der Waals surface area contributed by atoms with Gasteiger partial charge in [-0.1, -0.05) is 0 Å². The lowest BCUT2D eigenvalue weighted by Gasteiger charge is -2.22.